The summed E-state index contributed by atoms with van der Waals surface area (Å²) >= 11 is 11.8. The standard InChI is InChI=1S/C14H14Cl2N4O/c15-10-5-6-11(16)18-13(10)14(21)19-12-7-8-17-20(12)9-3-1-2-4-9/h5-9H,1-4H2,(H,19,21). The molecule has 1 saturated carbocycles. The van der Waals surface area contributed by atoms with Crippen molar-refractivity contribution in [2.45, 2.75) is 31.7 Å². The quantitative estimate of drug-likeness (QED) is 0.869. The van der Waals surface area contributed by atoms with Crippen LogP contribution in [0.3, 0.4) is 0 Å². The van der Waals surface area contributed by atoms with Gasteiger partial charge in [0.15, 0.2) is 0 Å². The summed E-state index contributed by atoms with van der Waals surface area (Å²) in [4.78, 5) is 16.3. The van der Waals surface area contributed by atoms with Gasteiger partial charge in [0, 0.05) is 6.07 Å². The van der Waals surface area contributed by atoms with E-state index in [1.54, 1.807) is 24.4 Å². The highest BCUT2D eigenvalue weighted by molar-refractivity contribution is 6.35. The third-order valence-corrected chi connectivity index (χ3v) is 4.13. The van der Waals surface area contributed by atoms with E-state index in [4.69, 9.17) is 23.2 Å². The van der Waals surface area contributed by atoms with E-state index >= 15 is 0 Å². The molecule has 2 heterocycles. The summed E-state index contributed by atoms with van der Waals surface area (Å²) in [6.45, 7) is 0. The third-order valence-electron chi connectivity index (χ3n) is 3.61. The molecule has 0 radical (unpaired) electrons. The minimum Gasteiger partial charge on any atom is -0.305 e. The number of anilines is 1. The molecular formula is C14H14Cl2N4O. The summed E-state index contributed by atoms with van der Waals surface area (Å²) < 4.78 is 1.86. The zero-order valence-electron chi connectivity index (χ0n) is 11.2. The molecule has 1 amide bonds. The van der Waals surface area contributed by atoms with Gasteiger partial charge in [-0.05, 0) is 25.0 Å². The highest BCUT2D eigenvalue weighted by atomic mass is 35.5. The number of rotatable bonds is 3. The van der Waals surface area contributed by atoms with E-state index in [2.05, 4.69) is 15.4 Å². The Labute approximate surface area is 132 Å². The maximum absolute atomic E-state index is 12.3. The third kappa shape index (κ3) is 3.04. The zero-order chi connectivity index (χ0) is 14.8. The van der Waals surface area contributed by atoms with Gasteiger partial charge in [-0.2, -0.15) is 5.10 Å². The Balaban J connectivity index is 1.82. The van der Waals surface area contributed by atoms with Crippen LogP contribution in [0.4, 0.5) is 5.82 Å². The number of pyridine rings is 1. The molecule has 0 spiro atoms. The predicted molar refractivity (Wildman–Crippen MR) is 81.9 cm³/mol. The van der Waals surface area contributed by atoms with Gasteiger partial charge < -0.3 is 5.32 Å². The normalized spacial score (nSPS) is 15.3. The molecule has 5 nitrogen and oxygen atoms in total. The molecular weight excluding hydrogens is 311 g/mol. The number of halogens is 2. The maximum Gasteiger partial charge on any atom is 0.277 e. The van der Waals surface area contributed by atoms with Crippen LogP contribution in [0.2, 0.25) is 10.2 Å². The predicted octanol–water partition coefficient (Wildman–Crippen LogP) is 3.95. The van der Waals surface area contributed by atoms with Crippen LogP contribution >= 0.6 is 23.2 Å². The van der Waals surface area contributed by atoms with Gasteiger partial charge in [-0.15, -0.1) is 0 Å². The smallest absolute Gasteiger partial charge is 0.277 e. The van der Waals surface area contributed by atoms with Crippen LogP contribution in [0.15, 0.2) is 24.4 Å². The van der Waals surface area contributed by atoms with Gasteiger partial charge in [0.1, 0.15) is 16.7 Å². The molecule has 3 rings (SSSR count). The van der Waals surface area contributed by atoms with Gasteiger partial charge in [-0.1, -0.05) is 36.0 Å². The summed E-state index contributed by atoms with van der Waals surface area (Å²) in [5, 5.41) is 7.61. The van der Waals surface area contributed by atoms with Crippen molar-refractivity contribution in [1.29, 1.82) is 0 Å². The summed E-state index contributed by atoms with van der Waals surface area (Å²) in [5.41, 5.74) is 0.114. The van der Waals surface area contributed by atoms with Crippen molar-refractivity contribution in [3.05, 3.63) is 40.3 Å². The molecule has 0 aliphatic heterocycles. The van der Waals surface area contributed by atoms with Gasteiger partial charge in [-0.25, -0.2) is 9.67 Å². The molecule has 1 N–H and O–H groups in total. The average Bonchev–Trinajstić information content (AvgIpc) is 3.11. The molecule has 1 aliphatic rings. The Kier molecular flexibility index (Phi) is 4.12. The van der Waals surface area contributed by atoms with Crippen molar-refractivity contribution >= 4 is 34.9 Å². The fourth-order valence-electron chi connectivity index (χ4n) is 2.61. The maximum atomic E-state index is 12.3. The number of hydrogen-bond donors (Lipinski definition) is 1. The van der Waals surface area contributed by atoms with E-state index in [1.807, 2.05) is 4.68 Å². The number of carbonyl (C=O) groups is 1. The lowest BCUT2D eigenvalue weighted by atomic mass is 10.2. The molecule has 0 aromatic carbocycles. The fraction of sp³-hybridized carbons (Fsp3) is 0.357. The van der Waals surface area contributed by atoms with E-state index in [-0.39, 0.29) is 21.8 Å². The molecule has 1 aliphatic carbocycles. The van der Waals surface area contributed by atoms with Crippen LogP contribution in [-0.4, -0.2) is 20.7 Å². The van der Waals surface area contributed by atoms with E-state index in [9.17, 15) is 4.79 Å². The van der Waals surface area contributed by atoms with E-state index in [0.29, 0.717) is 11.9 Å². The molecule has 0 saturated heterocycles. The highest BCUT2D eigenvalue weighted by Gasteiger charge is 2.21. The van der Waals surface area contributed by atoms with Crippen molar-refractivity contribution in [2.24, 2.45) is 0 Å². The second kappa shape index (κ2) is 6.03. The summed E-state index contributed by atoms with van der Waals surface area (Å²) in [6.07, 6.45) is 6.24. The van der Waals surface area contributed by atoms with Crippen LogP contribution in [0.25, 0.3) is 0 Å². The highest BCUT2D eigenvalue weighted by Crippen LogP contribution is 2.31. The van der Waals surface area contributed by atoms with Gasteiger partial charge >= 0.3 is 0 Å². The van der Waals surface area contributed by atoms with Crippen molar-refractivity contribution in [1.82, 2.24) is 14.8 Å². The van der Waals surface area contributed by atoms with Crippen molar-refractivity contribution < 1.29 is 4.79 Å². The zero-order valence-corrected chi connectivity index (χ0v) is 12.7. The second-order valence-corrected chi connectivity index (χ2v) is 5.81. The van der Waals surface area contributed by atoms with Crippen LogP contribution in [-0.2, 0) is 0 Å². The molecule has 1 fully saturated rings. The van der Waals surface area contributed by atoms with Crippen molar-refractivity contribution in [3.8, 4) is 0 Å². The Morgan fingerprint density at radius 2 is 2.00 bits per heavy atom. The first-order chi connectivity index (χ1) is 10.1. The van der Waals surface area contributed by atoms with Crippen LogP contribution in [0, 0.1) is 0 Å². The summed E-state index contributed by atoms with van der Waals surface area (Å²) in [5.74, 6) is 0.270. The Morgan fingerprint density at radius 1 is 1.24 bits per heavy atom. The first-order valence-corrected chi connectivity index (χ1v) is 7.57. The van der Waals surface area contributed by atoms with Gasteiger partial charge in [-0.3, -0.25) is 4.79 Å². The number of hydrogen-bond acceptors (Lipinski definition) is 3. The molecule has 2 aromatic heterocycles. The minimum atomic E-state index is -0.387. The lowest BCUT2D eigenvalue weighted by molar-refractivity contribution is 0.102. The van der Waals surface area contributed by atoms with E-state index in [1.165, 1.54) is 12.8 Å². The monoisotopic (exact) mass is 324 g/mol. The average molecular weight is 325 g/mol. The largest absolute Gasteiger partial charge is 0.305 e. The van der Waals surface area contributed by atoms with Crippen LogP contribution in [0.1, 0.15) is 42.2 Å². The van der Waals surface area contributed by atoms with Crippen molar-refractivity contribution in [2.75, 3.05) is 5.32 Å². The first kappa shape index (κ1) is 14.4. The lowest BCUT2D eigenvalue weighted by Gasteiger charge is -2.14. The number of nitrogens with one attached hydrogen (secondary N) is 1. The van der Waals surface area contributed by atoms with Gasteiger partial charge in [0.05, 0.1) is 17.3 Å². The van der Waals surface area contributed by atoms with Crippen LogP contribution < -0.4 is 5.32 Å². The molecule has 7 heteroatoms. The Hall–Kier alpha value is -1.59. The fourth-order valence-corrected chi connectivity index (χ4v) is 2.94. The van der Waals surface area contributed by atoms with Gasteiger partial charge in [0.2, 0.25) is 0 Å². The minimum absolute atomic E-state index is 0.114. The Morgan fingerprint density at radius 3 is 2.76 bits per heavy atom. The molecule has 0 bridgehead atoms. The Bertz CT molecular complexity index is 665. The van der Waals surface area contributed by atoms with Crippen LogP contribution in [0.5, 0.6) is 0 Å². The van der Waals surface area contributed by atoms with Crippen molar-refractivity contribution in [3.63, 3.8) is 0 Å². The molecule has 2 aromatic rings. The van der Waals surface area contributed by atoms with E-state index < -0.39 is 0 Å². The molecule has 0 atom stereocenters. The number of aromatic nitrogens is 3. The molecule has 21 heavy (non-hydrogen) atoms. The van der Waals surface area contributed by atoms with E-state index in [0.717, 1.165) is 12.8 Å². The second-order valence-electron chi connectivity index (χ2n) is 5.02. The molecule has 0 unspecified atom stereocenters. The summed E-state index contributed by atoms with van der Waals surface area (Å²) in [6, 6.07) is 5.22. The lowest BCUT2D eigenvalue weighted by Crippen LogP contribution is -2.19. The summed E-state index contributed by atoms with van der Waals surface area (Å²) in [7, 11) is 0. The van der Waals surface area contributed by atoms with Gasteiger partial charge in [0.25, 0.3) is 5.91 Å². The number of carbonyl (C=O) groups excluding carboxylic acids is 1. The first-order valence-electron chi connectivity index (χ1n) is 6.82. The number of amides is 1. The molecule has 110 valence electrons. The SMILES string of the molecule is O=C(Nc1ccnn1C1CCCC1)c1nc(Cl)ccc1Cl. The number of nitrogens with zero attached hydrogens (tertiary/aromatic N) is 3. The topological polar surface area (TPSA) is 59.8 Å².